The standard InChI is InChI=1S/C17H16N3O5P/c21-15(18-10-16(22)23)11-20-14-9-5-4-8-13(14)19-17(20)26(24,25)12-6-2-1-3-7-12/h1-9H,10-11H2,(H,18,21)(H,22,23)(H,24,25). The number of carbonyl (C=O) groups excluding carboxylic acids is 1. The molecule has 1 atom stereocenters. The van der Waals surface area contributed by atoms with E-state index in [1.165, 1.54) is 16.7 Å². The Kier molecular flexibility index (Phi) is 4.88. The first-order valence-corrected chi connectivity index (χ1v) is 9.38. The maximum absolute atomic E-state index is 13.1. The minimum atomic E-state index is -4.05. The molecule has 1 heterocycles. The zero-order valence-electron chi connectivity index (χ0n) is 13.6. The molecule has 0 radical (unpaired) electrons. The number of aliphatic carboxylic acids is 1. The lowest BCUT2D eigenvalue weighted by Gasteiger charge is -2.14. The molecule has 1 amide bonds. The number of rotatable bonds is 6. The summed E-state index contributed by atoms with van der Waals surface area (Å²) in [5.74, 6) is -1.77. The van der Waals surface area contributed by atoms with Crippen LogP contribution in [-0.2, 0) is 20.7 Å². The summed E-state index contributed by atoms with van der Waals surface area (Å²) < 4.78 is 14.4. The first-order chi connectivity index (χ1) is 12.4. The van der Waals surface area contributed by atoms with Crippen molar-refractivity contribution in [1.29, 1.82) is 0 Å². The number of fused-ring (bicyclic) bond motifs is 1. The van der Waals surface area contributed by atoms with Gasteiger partial charge in [0.2, 0.25) is 11.5 Å². The SMILES string of the molecule is O=C(O)CNC(=O)Cn1c(P(=O)(O)c2ccccc2)nc2ccccc21. The number of benzene rings is 2. The van der Waals surface area contributed by atoms with E-state index in [9.17, 15) is 19.0 Å². The second kappa shape index (κ2) is 7.11. The lowest BCUT2D eigenvalue weighted by atomic mass is 10.3. The van der Waals surface area contributed by atoms with Crippen molar-refractivity contribution in [1.82, 2.24) is 14.9 Å². The maximum Gasteiger partial charge on any atom is 0.322 e. The summed E-state index contributed by atoms with van der Waals surface area (Å²) in [6.45, 7) is -0.850. The number of aromatic nitrogens is 2. The third kappa shape index (κ3) is 3.51. The van der Waals surface area contributed by atoms with Gasteiger partial charge in [0.05, 0.1) is 11.0 Å². The number of carbonyl (C=O) groups is 2. The van der Waals surface area contributed by atoms with Crippen LogP contribution in [0.15, 0.2) is 54.6 Å². The fraction of sp³-hybridized carbons (Fsp3) is 0.118. The van der Waals surface area contributed by atoms with Crippen LogP contribution in [0.2, 0.25) is 0 Å². The van der Waals surface area contributed by atoms with Crippen molar-refractivity contribution in [2.24, 2.45) is 0 Å². The number of hydrogen-bond acceptors (Lipinski definition) is 4. The van der Waals surface area contributed by atoms with Gasteiger partial charge in [-0.3, -0.25) is 14.2 Å². The molecule has 3 N–H and O–H groups in total. The normalized spacial score (nSPS) is 13.3. The average Bonchev–Trinajstić information content (AvgIpc) is 3.00. The molecule has 0 spiro atoms. The second-order valence-electron chi connectivity index (χ2n) is 5.57. The lowest BCUT2D eigenvalue weighted by molar-refractivity contribution is -0.138. The van der Waals surface area contributed by atoms with E-state index in [1.807, 2.05) is 0 Å². The number of para-hydroxylation sites is 2. The summed E-state index contributed by atoms with van der Waals surface area (Å²) in [6, 6.07) is 14.9. The van der Waals surface area contributed by atoms with E-state index in [-0.39, 0.29) is 17.4 Å². The van der Waals surface area contributed by atoms with Gasteiger partial charge in [0.15, 0.2) is 0 Å². The van der Waals surface area contributed by atoms with E-state index < -0.39 is 25.8 Å². The van der Waals surface area contributed by atoms with Gasteiger partial charge in [-0.25, -0.2) is 4.98 Å². The van der Waals surface area contributed by atoms with Crippen LogP contribution in [0, 0.1) is 0 Å². The number of nitrogens with zero attached hydrogens (tertiary/aromatic N) is 2. The topological polar surface area (TPSA) is 122 Å². The Morgan fingerprint density at radius 3 is 2.42 bits per heavy atom. The molecule has 1 aromatic heterocycles. The van der Waals surface area contributed by atoms with Crippen LogP contribution in [0.4, 0.5) is 0 Å². The number of carboxylic acids is 1. The average molecular weight is 373 g/mol. The van der Waals surface area contributed by atoms with Gasteiger partial charge >= 0.3 is 5.97 Å². The Bertz CT molecular complexity index is 1020. The Morgan fingerprint density at radius 2 is 1.73 bits per heavy atom. The van der Waals surface area contributed by atoms with Gasteiger partial charge in [-0.15, -0.1) is 0 Å². The Labute approximate surface area is 148 Å². The van der Waals surface area contributed by atoms with Crippen LogP contribution >= 0.6 is 7.37 Å². The highest BCUT2D eigenvalue weighted by molar-refractivity contribution is 7.73. The van der Waals surface area contributed by atoms with E-state index >= 15 is 0 Å². The van der Waals surface area contributed by atoms with Crippen LogP contribution in [0.1, 0.15) is 0 Å². The summed E-state index contributed by atoms with van der Waals surface area (Å²) >= 11 is 0. The number of nitrogens with one attached hydrogen (secondary N) is 1. The predicted octanol–water partition coefficient (Wildman–Crippen LogP) is 0.458. The molecule has 1 unspecified atom stereocenters. The maximum atomic E-state index is 13.1. The molecule has 9 heteroatoms. The van der Waals surface area contributed by atoms with Gasteiger partial charge in [-0.05, 0) is 24.3 Å². The molecule has 0 bridgehead atoms. The number of amides is 1. The third-order valence-electron chi connectivity index (χ3n) is 3.75. The van der Waals surface area contributed by atoms with Gasteiger partial charge < -0.3 is 19.9 Å². The molecule has 0 saturated heterocycles. The van der Waals surface area contributed by atoms with Crippen molar-refractivity contribution in [2.75, 3.05) is 6.54 Å². The molecular weight excluding hydrogens is 357 g/mol. The monoisotopic (exact) mass is 373 g/mol. The second-order valence-corrected chi connectivity index (χ2v) is 7.64. The molecular formula is C17H16N3O5P. The van der Waals surface area contributed by atoms with Crippen molar-refractivity contribution < 1.29 is 24.2 Å². The Morgan fingerprint density at radius 1 is 1.08 bits per heavy atom. The van der Waals surface area contributed by atoms with E-state index in [4.69, 9.17) is 5.11 Å². The molecule has 134 valence electrons. The highest BCUT2D eigenvalue weighted by Crippen LogP contribution is 2.38. The fourth-order valence-electron chi connectivity index (χ4n) is 2.57. The minimum Gasteiger partial charge on any atom is -0.480 e. The van der Waals surface area contributed by atoms with Crippen LogP contribution in [0.5, 0.6) is 0 Å². The third-order valence-corrected chi connectivity index (χ3v) is 5.63. The Hall–Kier alpha value is -2.96. The van der Waals surface area contributed by atoms with E-state index in [0.717, 1.165) is 0 Å². The van der Waals surface area contributed by atoms with E-state index in [2.05, 4.69) is 10.3 Å². The fourth-order valence-corrected chi connectivity index (χ4v) is 4.13. The lowest BCUT2D eigenvalue weighted by Crippen LogP contribution is -2.35. The van der Waals surface area contributed by atoms with E-state index in [0.29, 0.717) is 11.0 Å². The van der Waals surface area contributed by atoms with Crippen molar-refractivity contribution in [3.05, 3.63) is 54.6 Å². The van der Waals surface area contributed by atoms with Gasteiger partial charge in [-0.2, -0.15) is 0 Å². The van der Waals surface area contributed by atoms with Crippen LogP contribution in [0.25, 0.3) is 11.0 Å². The quantitative estimate of drug-likeness (QED) is 0.540. The van der Waals surface area contributed by atoms with Crippen molar-refractivity contribution in [3.63, 3.8) is 0 Å². The largest absolute Gasteiger partial charge is 0.480 e. The number of imidazole rings is 1. The molecule has 0 saturated carbocycles. The van der Waals surface area contributed by atoms with Gasteiger partial charge in [-0.1, -0.05) is 30.3 Å². The predicted molar refractivity (Wildman–Crippen MR) is 95.9 cm³/mol. The number of hydrogen-bond donors (Lipinski definition) is 3. The molecule has 0 aliphatic rings. The summed E-state index contributed by atoms with van der Waals surface area (Å²) in [7, 11) is -4.05. The van der Waals surface area contributed by atoms with E-state index in [1.54, 1.807) is 42.5 Å². The molecule has 0 aliphatic heterocycles. The summed E-state index contributed by atoms with van der Waals surface area (Å²) in [6.07, 6.45) is 0. The van der Waals surface area contributed by atoms with Gasteiger partial charge in [0.25, 0.3) is 7.37 Å². The zero-order chi connectivity index (χ0) is 18.7. The van der Waals surface area contributed by atoms with Crippen molar-refractivity contribution in [3.8, 4) is 0 Å². The minimum absolute atomic E-state index is 0.129. The molecule has 3 aromatic rings. The summed E-state index contributed by atoms with van der Waals surface area (Å²) in [5, 5.41) is 11.1. The molecule has 0 fully saturated rings. The zero-order valence-corrected chi connectivity index (χ0v) is 14.5. The molecule has 8 nitrogen and oxygen atoms in total. The van der Waals surface area contributed by atoms with Gasteiger partial charge in [0, 0.05) is 5.30 Å². The van der Waals surface area contributed by atoms with Crippen LogP contribution in [-0.4, -0.2) is 38.0 Å². The smallest absolute Gasteiger partial charge is 0.322 e. The molecule has 0 aliphatic carbocycles. The summed E-state index contributed by atoms with van der Waals surface area (Å²) in [5.41, 5.74) is 0.854. The first-order valence-electron chi connectivity index (χ1n) is 7.72. The van der Waals surface area contributed by atoms with Crippen molar-refractivity contribution >= 4 is 41.1 Å². The number of carboxylic acid groups (broad SMARTS) is 1. The van der Waals surface area contributed by atoms with Crippen molar-refractivity contribution in [2.45, 2.75) is 6.54 Å². The highest BCUT2D eigenvalue weighted by Gasteiger charge is 2.31. The first kappa shape index (κ1) is 17.8. The molecule has 26 heavy (non-hydrogen) atoms. The molecule has 3 rings (SSSR count). The summed E-state index contributed by atoms with van der Waals surface area (Å²) in [4.78, 5) is 37.7. The van der Waals surface area contributed by atoms with Crippen LogP contribution < -0.4 is 16.2 Å². The Balaban J connectivity index is 2.06. The van der Waals surface area contributed by atoms with Crippen LogP contribution in [0.3, 0.4) is 0 Å². The molecule has 2 aromatic carbocycles. The highest BCUT2D eigenvalue weighted by atomic mass is 31.2. The van der Waals surface area contributed by atoms with Gasteiger partial charge in [0.1, 0.15) is 13.1 Å².